The average molecular weight is 475 g/mol. The smallest absolute Gasteiger partial charge is 0.309 e. The highest BCUT2D eigenvalue weighted by atomic mass is 32.2. The van der Waals surface area contributed by atoms with E-state index in [1.165, 1.54) is 16.4 Å². The molecule has 0 bridgehead atoms. The van der Waals surface area contributed by atoms with E-state index in [2.05, 4.69) is 0 Å². The van der Waals surface area contributed by atoms with Crippen LogP contribution in [0.25, 0.3) is 0 Å². The number of anilines is 1. The maximum absolute atomic E-state index is 13.1. The van der Waals surface area contributed by atoms with Crippen molar-refractivity contribution in [3.63, 3.8) is 0 Å². The highest BCUT2D eigenvalue weighted by Gasteiger charge is 2.34. The third-order valence-electron chi connectivity index (χ3n) is 6.37. The van der Waals surface area contributed by atoms with E-state index >= 15 is 0 Å². The summed E-state index contributed by atoms with van der Waals surface area (Å²) in [6.45, 7) is 1.95. The maximum Gasteiger partial charge on any atom is 0.309 e. The Kier molecular flexibility index (Phi) is 6.81. The van der Waals surface area contributed by atoms with E-state index in [1.54, 1.807) is 4.90 Å². The van der Waals surface area contributed by atoms with Gasteiger partial charge >= 0.3 is 5.97 Å². The average Bonchev–Trinajstić information content (AvgIpc) is 2.82. The van der Waals surface area contributed by atoms with Crippen molar-refractivity contribution in [1.29, 1.82) is 0 Å². The maximum atomic E-state index is 13.1. The molecule has 4 rings (SSSR count). The van der Waals surface area contributed by atoms with Crippen molar-refractivity contribution in [1.82, 2.24) is 4.31 Å². The number of aryl methyl sites for hydroxylation is 1. The number of rotatable bonds is 5. The number of hydrogen-bond acceptors (Lipinski definition) is 5. The van der Waals surface area contributed by atoms with Crippen molar-refractivity contribution in [3.8, 4) is 0 Å². The zero-order chi connectivity index (χ0) is 23.6. The number of esters is 1. The molecule has 2 aromatic rings. The van der Waals surface area contributed by atoms with Crippen LogP contribution in [0.2, 0.25) is 0 Å². The Morgan fingerprint density at radius 1 is 1.03 bits per heavy atom. The van der Waals surface area contributed by atoms with Crippen LogP contribution in [0.15, 0.2) is 53.4 Å². The van der Waals surface area contributed by atoms with Gasteiger partial charge in [-0.3, -0.25) is 9.59 Å². The number of amides is 1. The van der Waals surface area contributed by atoms with Crippen LogP contribution >= 0.6 is 0 Å². The van der Waals surface area contributed by atoms with E-state index in [0.29, 0.717) is 12.8 Å². The lowest BCUT2D eigenvalue weighted by molar-refractivity contribution is -0.153. The van der Waals surface area contributed by atoms with Gasteiger partial charge < -0.3 is 9.64 Å². The molecular formula is C24H27FN2O5S. The molecule has 0 saturated carbocycles. The summed E-state index contributed by atoms with van der Waals surface area (Å²) in [5.74, 6) is -1.73. The Hall–Kier alpha value is -2.78. The Morgan fingerprint density at radius 3 is 2.39 bits per heavy atom. The Morgan fingerprint density at radius 2 is 1.70 bits per heavy atom. The highest BCUT2D eigenvalue weighted by molar-refractivity contribution is 7.89. The van der Waals surface area contributed by atoms with Gasteiger partial charge in [0.2, 0.25) is 10.0 Å². The van der Waals surface area contributed by atoms with Crippen molar-refractivity contribution in [3.05, 3.63) is 59.9 Å². The largest absolute Gasteiger partial charge is 0.455 e. The fourth-order valence-electron chi connectivity index (χ4n) is 4.48. The molecule has 0 aromatic heterocycles. The number of ether oxygens (including phenoxy) is 1. The molecule has 1 saturated heterocycles. The van der Waals surface area contributed by atoms with Crippen LogP contribution in [-0.2, 0) is 30.8 Å². The van der Waals surface area contributed by atoms with Gasteiger partial charge in [-0.05, 0) is 68.5 Å². The summed E-state index contributed by atoms with van der Waals surface area (Å²) in [4.78, 5) is 27.1. The second kappa shape index (κ2) is 9.61. The summed E-state index contributed by atoms with van der Waals surface area (Å²) in [5, 5.41) is 0. The predicted octanol–water partition coefficient (Wildman–Crippen LogP) is 3.14. The second-order valence-electron chi connectivity index (χ2n) is 8.52. The van der Waals surface area contributed by atoms with Crippen LogP contribution in [0.3, 0.4) is 0 Å². The first kappa shape index (κ1) is 23.4. The second-order valence-corrected chi connectivity index (χ2v) is 10.5. The highest BCUT2D eigenvalue weighted by Crippen LogP contribution is 2.31. The van der Waals surface area contributed by atoms with Gasteiger partial charge in [-0.2, -0.15) is 4.31 Å². The van der Waals surface area contributed by atoms with E-state index in [9.17, 15) is 22.4 Å². The zero-order valence-corrected chi connectivity index (χ0v) is 19.3. The lowest BCUT2D eigenvalue weighted by atomic mass is 9.96. The Balaban J connectivity index is 1.32. The predicted molar refractivity (Wildman–Crippen MR) is 121 cm³/mol. The summed E-state index contributed by atoms with van der Waals surface area (Å²) < 4.78 is 45.2. The Labute approximate surface area is 193 Å². The third-order valence-corrected chi connectivity index (χ3v) is 8.28. The van der Waals surface area contributed by atoms with Gasteiger partial charge in [0, 0.05) is 24.8 Å². The summed E-state index contributed by atoms with van der Waals surface area (Å²) in [6, 6.07) is 12.4. The van der Waals surface area contributed by atoms with Gasteiger partial charge in [-0.1, -0.05) is 18.2 Å². The zero-order valence-electron chi connectivity index (χ0n) is 18.4. The van der Waals surface area contributed by atoms with Crippen LogP contribution in [0, 0.1) is 11.7 Å². The van der Waals surface area contributed by atoms with E-state index in [-0.39, 0.29) is 36.5 Å². The number of carbonyl (C=O) groups is 2. The van der Waals surface area contributed by atoms with Crippen LogP contribution in [0.1, 0.15) is 31.7 Å². The molecule has 7 nitrogen and oxygen atoms in total. The van der Waals surface area contributed by atoms with Crippen LogP contribution in [0.5, 0.6) is 0 Å². The van der Waals surface area contributed by atoms with Crippen molar-refractivity contribution in [2.75, 3.05) is 24.6 Å². The molecule has 2 aromatic carbocycles. The van der Waals surface area contributed by atoms with Gasteiger partial charge in [0.25, 0.3) is 5.91 Å². The SMILES string of the molecule is CC1CCc2ccccc2N1C(=O)COC(=O)C1CCN(S(=O)(=O)c2ccc(F)cc2)CC1. The minimum atomic E-state index is -3.75. The molecule has 1 amide bonds. The molecule has 0 radical (unpaired) electrons. The van der Waals surface area contributed by atoms with Crippen LogP contribution < -0.4 is 4.90 Å². The molecule has 1 fully saturated rings. The molecule has 2 aliphatic heterocycles. The number of piperidine rings is 1. The number of fused-ring (bicyclic) bond motifs is 1. The van der Waals surface area contributed by atoms with Crippen molar-refractivity contribution >= 4 is 27.6 Å². The van der Waals surface area contributed by atoms with Gasteiger partial charge in [-0.15, -0.1) is 0 Å². The first-order valence-electron chi connectivity index (χ1n) is 11.1. The fraction of sp³-hybridized carbons (Fsp3) is 0.417. The standard InChI is InChI=1S/C24H27FN2O5S/c1-17-6-7-18-4-2-3-5-22(18)27(17)23(28)16-32-24(29)19-12-14-26(15-13-19)33(30,31)21-10-8-20(25)9-11-21/h2-5,8-11,17,19H,6-7,12-16H2,1H3. The Bertz CT molecular complexity index is 1130. The minimum Gasteiger partial charge on any atom is -0.455 e. The number of hydrogen-bond donors (Lipinski definition) is 0. The molecule has 1 atom stereocenters. The molecule has 9 heteroatoms. The number of nitrogens with zero attached hydrogens (tertiary/aromatic N) is 2. The molecule has 2 heterocycles. The summed E-state index contributed by atoms with van der Waals surface area (Å²) in [7, 11) is -3.75. The van der Waals surface area contributed by atoms with Gasteiger partial charge in [0.15, 0.2) is 6.61 Å². The lowest BCUT2D eigenvalue weighted by Gasteiger charge is -2.35. The molecule has 33 heavy (non-hydrogen) atoms. The van der Waals surface area contributed by atoms with Crippen LogP contribution in [-0.4, -0.2) is 50.3 Å². The topological polar surface area (TPSA) is 84.0 Å². The molecule has 2 aliphatic rings. The normalized spacial score (nSPS) is 19.7. The number of benzene rings is 2. The first-order valence-corrected chi connectivity index (χ1v) is 12.5. The van der Waals surface area contributed by atoms with Gasteiger partial charge in [-0.25, -0.2) is 12.8 Å². The summed E-state index contributed by atoms with van der Waals surface area (Å²) in [5.41, 5.74) is 1.96. The molecule has 1 unspecified atom stereocenters. The van der Waals surface area contributed by atoms with Gasteiger partial charge in [0.05, 0.1) is 10.8 Å². The minimum absolute atomic E-state index is 0.0195. The van der Waals surface area contributed by atoms with Crippen molar-refractivity contribution in [2.45, 2.75) is 43.5 Å². The summed E-state index contributed by atoms with van der Waals surface area (Å²) in [6.07, 6.45) is 2.35. The van der Waals surface area contributed by atoms with E-state index in [0.717, 1.165) is 36.2 Å². The molecular weight excluding hydrogens is 447 g/mol. The summed E-state index contributed by atoms with van der Waals surface area (Å²) >= 11 is 0. The van der Waals surface area contributed by atoms with E-state index < -0.39 is 27.7 Å². The molecule has 176 valence electrons. The fourth-order valence-corrected chi connectivity index (χ4v) is 5.95. The monoisotopic (exact) mass is 474 g/mol. The van der Waals surface area contributed by atoms with E-state index in [1.807, 2.05) is 31.2 Å². The van der Waals surface area contributed by atoms with Crippen molar-refractivity contribution < 1.29 is 27.1 Å². The first-order chi connectivity index (χ1) is 15.8. The number of carbonyl (C=O) groups excluding carboxylic acids is 2. The lowest BCUT2D eigenvalue weighted by Crippen LogP contribution is -2.45. The molecule has 0 N–H and O–H groups in total. The molecule has 0 spiro atoms. The molecule has 0 aliphatic carbocycles. The van der Waals surface area contributed by atoms with Gasteiger partial charge in [0.1, 0.15) is 5.82 Å². The quantitative estimate of drug-likeness (QED) is 0.622. The number of para-hydroxylation sites is 1. The van der Waals surface area contributed by atoms with E-state index in [4.69, 9.17) is 4.74 Å². The van der Waals surface area contributed by atoms with Crippen LogP contribution in [0.4, 0.5) is 10.1 Å². The van der Waals surface area contributed by atoms with Crippen molar-refractivity contribution in [2.24, 2.45) is 5.92 Å². The third kappa shape index (κ3) is 4.94. The number of sulfonamides is 1. The number of halogens is 1.